The highest BCUT2D eigenvalue weighted by molar-refractivity contribution is 6.10. The molecule has 4 rings (SSSR count). The van der Waals surface area contributed by atoms with Crippen molar-refractivity contribution in [1.29, 1.82) is 0 Å². The number of amides is 1. The van der Waals surface area contributed by atoms with Gasteiger partial charge in [-0.1, -0.05) is 30.3 Å². The van der Waals surface area contributed by atoms with Gasteiger partial charge in [0.25, 0.3) is 5.91 Å². The number of carbonyl (C=O) groups is 2. The Morgan fingerprint density at radius 2 is 1.71 bits per heavy atom. The minimum Gasteiger partial charge on any atom is -0.494 e. The Balaban J connectivity index is 1.61. The summed E-state index contributed by atoms with van der Waals surface area (Å²) < 4.78 is 18.6. The molecule has 0 bridgehead atoms. The predicted molar refractivity (Wildman–Crippen MR) is 114 cm³/mol. The Bertz CT molecular complexity index is 1110. The van der Waals surface area contributed by atoms with Crippen LogP contribution in [0.5, 0.6) is 5.75 Å². The summed E-state index contributed by atoms with van der Waals surface area (Å²) in [6.45, 7) is 2.55. The van der Waals surface area contributed by atoms with Gasteiger partial charge in [0.2, 0.25) is 0 Å². The van der Waals surface area contributed by atoms with Crippen LogP contribution in [0.4, 0.5) is 10.1 Å². The molecule has 158 valence electrons. The number of anilines is 1. The summed E-state index contributed by atoms with van der Waals surface area (Å²) in [6, 6.07) is 19.3. The summed E-state index contributed by atoms with van der Waals surface area (Å²) in [5, 5.41) is 11.4. The summed E-state index contributed by atoms with van der Waals surface area (Å²) in [4.78, 5) is 27.6. The molecular formula is C25H22FNO4. The molecule has 0 aliphatic carbocycles. The second-order valence-electron chi connectivity index (χ2n) is 7.45. The number of fused-ring (bicyclic) bond motifs is 1. The van der Waals surface area contributed by atoms with E-state index in [2.05, 4.69) is 0 Å². The van der Waals surface area contributed by atoms with E-state index >= 15 is 0 Å². The summed E-state index contributed by atoms with van der Waals surface area (Å²) in [5.41, 5.74) is 0.0674. The fraction of sp³-hybridized carbons (Fsp3) is 0.200. The number of ether oxygens (including phenoxy) is 1. The van der Waals surface area contributed by atoms with Crippen molar-refractivity contribution in [1.82, 2.24) is 0 Å². The van der Waals surface area contributed by atoms with Crippen molar-refractivity contribution >= 4 is 17.4 Å². The standard InChI is InChI=1S/C25H22FNO4/c1-2-31-20-13-9-18(10-14-20)23(28)15-25(30)21-5-3-4-6-22(21)27(24(25)29)16-17-7-11-19(26)12-8-17/h3-14,30H,2,15-16H2,1H3/t25-/m1/s1. The molecule has 6 heteroatoms. The maximum Gasteiger partial charge on any atom is 0.264 e. The number of benzene rings is 3. The van der Waals surface area contributed by atoms with Crippen LogP contribution in [0, 0.1) is 5.82 Å². The number of Topliss-reactive ketones (excluding diaryl/α,β-unsaturated/α-hetero) is 1. The lowest BCUT2D eigenvalue weighted by atomic mass is 9.88. The molecule has 0 fully saturated rings. The van der Waals surface area contributed by atoms with Crippen LogP contribution in [0.25, 0.3) is 0 Å². The molecular weight excluding hydrogens is 397 g/mol. The first-order valence-corrected chi connectivity index (χ1v) is 10.1. The minimum absolute atomic E-state index is 0.162. The first-order chi connectivity index (χ1) is 14.9. The van der Waals surface area contributed by atoms with Crippen molar-refractivity contribution in [3.05, 3.63) is 95.3 Å². The first kappa shape index (κ1) is 20.8. The quantitative estimate of drug-likeness (QED) is 0.582. The molecule has 0 aromatic heterocycles. The smallest absolute Gasteiger partial charge is 0.264 e. The van der Waals surface area contributed by atoms with Crippen LogP contribution < -0.4 is 9.64 Å². The van der Waals surface area contributed by atoms with Crippen molar-refractivity contribution in [2.24, 2.45) is 0 Å². The largest absolute Gasteiger partial charge is 0.494 e. The van der Waals surface area contributed by atoms with Gasteiger partial charge in [-0.05, 0) is 55.0 Å². The Morgan fingerprint density at radius 3 is 2.39 bits per heavy atom. The SMILES string of the molecule is CCOc1ccc(C(=O)C[C@]2(O)C(=O)N(Cc3ccc(F)cc3)c3ccccc32)cc1. The topological polar surface area (TPSA) is 66.8 Å². The monoisotopic (exact) mass is 419 g/mol. The van der Waals surface area contributed by atoms with E-state index in [0.29, 0.717) is 34.7 Å². The number of rotatable bonds is 7. The lowest BCUT2D eigenvalue weighted by molar-refractivity contribution is -0.136. The Labute approximate surface area is 179 Å². The number of aliphatic hydroxyl groups is 1. The molecule has 0 spiro atoms. The van der Waals surface area contributed by atoms with Crippen LogP contribution in [0.3, 0.4) is 0 Å². The second kappa shape index (κ2) is 8.32. The third kappa shape index (κ3) is 3.94. The van der Waals surface area contributed by atoms with E-state index < -0.39 is 11.5 Å². The highest BCUT2D eigenvalue weighted by atomic mass is 19.1. The number of nitrogens with zero attached hydrogens (tertiary/aromatic N) is 1. The second-order valence-corrected chi connectivity index (χ2v) is 7.45. The number of hydrogen-bond acceptors (Lipinski definition) is 4. The summed E-state index contributed by atoms with van der Waals surface area (Å²) in [5.74, 6) is -0.644. The van der Waals surface area contributed by atoms with Gasteiger partial charge in [0, 0.05) is 11.1 Å². The zero-order chi connectivity index (χ0) is 22.0. The minimum atomic E-state index is -1.97. The summed E-state index contributed by atoms with van der Waals surface area (Å²) in [6.07, 6.45) is -0.378. The fourth-order valence-electron chi connectivity index (χ4n) is 3.84. The number of para-hydroxylation sites is 1. The molecule has 1 atom stereocenters. The van der Waals surface area contributed by atoms with Crippen LogP contribution >= 0.6 is 0 Å². The van der Waals surface area contributed by atoms with Gasteiger partial charge in [-0.3, -0.25) is 9.59 Å². The van der Waals surface area contributed by atoms with Crippen molar-refractivity contribution < 1.29 is 23.8 Å². The Morgan fingerprint density at radius 1 is 1.03 bits per heavy atom. The number of ketones is 1. The Hall–Kier alpha value is -3.51. The molecule has 3 aromatic carbocycles. The summed E-state index contributed by atoms with van der Waals surface area (Å²) >= 11 is 0. The molecule has 1 aliphatic rings. The van der Waals surface area contributed by atoms with Gasteiger partial charge in [0.05, 0.1) is 25.3 Å². The number of halogens is 1. The molecule has 5 nitrogen and oxygen atoms in total. The third-order valence-electron chi connectivity index (χ3n) is 5.40. The maximum absolute atomic E-state index is 13.3. The van der Waals surface area contributed by atoms with Crippen molar-refractivity contribution in [3.63, 3.8) is 0 Å². The van der Waals surface area contributed by atoms with Crippen LogP contribution in [0.2, 0.25) is 0 Å². The summed E-state index contributed by atoms with van der Waals surface area (Å²) in [7, 11) is 0. The van der Waals surface area contributed by atoms with Gasteiger partial charge in [-0.25, -0.2) is 4.39 Å². The molecule has 0 radical (unpaired) electrons. The molecule has 1 heterocycles. The van der Waals surface area contributed by atoms with Gasteiger partial charge in [0.15, 0.2) is 11.4 Å². The average Bonchev–Trinajstić information content (AvgIpc) is 2.98. The molecule has 0 saturated heterocycles. The molecule has 0 unspecified atom stereocenters. The van der Waals surface area contributed by atoms with Crippen LogP contribution in [0.15, 0.2) is 72.8 Å². The van der Waals surface area contributed by atoms with Crippen molar-refractivity contribution in [3.8, 4) is 5.75 Å². The molecule has 0 saturated carbocycles. The number of hydrogen-bond donors (Lipinski definition) is 1. The Kier molecular flexibility index (Phi) is 5.57. The molecule has 31 heavy (non-hydrogen) atoms. The van der Waals surface area contributed by atoms with Gasteiger partial charge >= 0.3 is 0 Å². The van der Waals surface area contributed by atoms with E-state index in [4.69, 9.17) is 4.74 Å². The van der Waals surface area contributed by atoms with E-state index in [1.165, 1.54) is 17.0 Å². The normalized spacial score (nSPS) is 17.5. The van der Waals surface area contributed by atoms with Crippen LogP contribution in [-0.2, 0) is 16.9 Å². The highest BCUT2D eigenvalue weighted by Gasteiger charge is 2.50. The van der Waals surface area contributed by atoms with E-state index in [0.717, 1.165) is 0 Å². The zero-order valence-electron chi connectivity index (χ0n) is 17.0. The van der Waals surface area contributed by atoms with Gasteiger partial charge < -0.3 is 14.7 Å². The maximum atomic E-state index is 13.3. The highest BCUT2D eigenvalue weighted by Crippen LogP contribution is 2.43. The van der Waals surface area contributed by atoms with Gasteiger partial charge in [-0.2, -0.15) is 0 Å². The first-order valence-electron chi connectivity index (χ1n) is 10.1. The lowest BCUT2D eigenvalue weighted by Crippen LogP contribution is -2.41. The predicted octanol–water partition coefficient (Wildman–Crippen LogP) is 4.23. The van der Waals surface area contributed by atoms with E-state index in [1.807, 2.05) is 6.92 Å². The van der Waals surface area contributed by atoms with Gasteiger partial charge in [-0.15, -0.1) is 0 Å². The molecule has 1 aliphatic heterocycles. The van der Waals surface area contributed by atoms with E-state index in [9.17, 15) is 19.1 Å². The third-order valence-corrected chi connectivity index (χ3v) is 5.40. The van der Waals surface area contributed by atoms with Gasteiger partial charge in [0.1, 0.15) is 11.6 Å². The van der Waals surface area contributed by atoms with Crippen LogP contribution in [-0.4, -0.2) is 23.4 Å². The lowest BCUT2D eigenvalue weighted by Gasteiger charge is -2.23. The number of carbonyl (C=O) groups excluding carboxylic acids is 2. The van der Waals surface area contributed by atoms with E-state index in [-0.39, 0.29) is 24.6 Å². The average molecular weight is 419 g/mol. The van der Waals surface area contributed by atoms with Crippen molar-refractivity contribution in [2.75, 3.05) is 11.5 Å². The molecule has 1 amide bonds. The molecule has 3 aromatic rings. The molecule has 1 N–H and O–H groups in total. The van der Waals surface area contributed by atoms with Crippen LogP contribution in [0.1, 0.15) is 34.8 Å². The van der Waals surface area contributed by atoms with E-state index in [1.54, 1.807) is 60.7 Å². The van der Waals surface area contributed by atoms with Crippen molar-refractivity contribution in [2.45, 2.75) is 25.5 Å². The fourth-order valence-corrected chi connectivity index (χ4v) is 3.84. The zero-order valence-corrected chi connectivity index (χ0v) is 17.0.